The van der Waals surface area contributed by atoms with Crippen LogP contribution in [-0.4, -0.2) is 11.4 Å². The molecule has 1 aromatic carbocycles. The van der Waals surface area contributed by atoms with Gasteiger partial charge in [0, 0.05) is 0 Å². The van der Waals surface area contributed by atoms with Crippen LogP contribution < -0.4 is 4.74 Å². The van der Waals surface area contributed by atoms with E-state index in [1.54, 1.807) is 0 Å². The van der Waals surface area contributed by atoms with Gasteiger partial charge in [0.1, 0.15) is 11.4 Å². The van der Waals surface area contributed by atoms with E-state index in [4.69, 9.17) is 4.74 Å². The van der Waals surface area contributed by atoms with Gasteiger partial charge < -0.3 is 4.74 Å². The second kappa shape index (κ2) is 2.59. The van der Waals surface area contributed by atoms with Gasteiger partial charge in [-0.15, -0.1) is 0 Å². The van der Waals surface area contributed by atoms with E-state index in [1.807, 2.05) is 38.1 Å². The van der Waals surface area contributed by atoms with Crippen LogP contribution in [0.4, 0.5) is 0 Å². The van der Waals surface area contributed by atoms with E-state index in [-0.39, 0.29) is 11.4 Å². The first-order valence-electron chi connectivity index (χ1n) is 4.40. The maximum Gasteiger partial charge on any atom is 0.170 e. The maximum absolute atomic E-state index is 11.6. The SMILES string of the molecule is CC1(C)CC(=O)c2ccccc2O1. The Kier molecular flexibility index (Phi) is 1.65. The number of benzene rings is 1. The van der Waals surface area contributed by atoms with Gasteiger partial charge in [0.2, 0.25) is 0 Å². The van der Waals surface area contributed by atoms with Gasteiger partial charge in [0.25, 0.3) is 0 Å². The quantitative estimate of drug-likeness (QED) is 0.606. The van der Waals surface area contributed by atoms with Crippen LogP contribution in [0.3, 0.4) is 0 Å². The molecule has 0 saturated carbocycles. The third kappa shape index (κ3) is 1.44. The predicted molar refractivity (Wildman–Crippen MR) is 50.1 cm³/mol. The Balaban J connectivity index is 2.49. The lowest BCUT2D eigenvalue weighted by molar-refractivity contribution is 0.0620. The molecule has 0 unspecified atom stereocenters. The van der Waals surface area contributed by atoms with E-state index in [1.165, 1.54) is 0 Å². The van der Waals surface area contributed by atoms with Crippen molar-refractivity contribution < 1.29 is 9.53 Å². The second-order valence-electron chi connectivity index (χ2n) is 3.96. The van der Waals surface area contributed by atoms with Crippen molar-refractivity contribution in [2.24, 2.45) is 0 Å². The second-order valence-corrected chi connectivity index (χ2v) is 3.96. The lowest BCUT2D eigenvalue weighted by Gasteiger charge is -2.31. The van der Waals surface area contributed by atoms with Crippen LogP contribution in [0.1, 0.15) is 30.6 Å². The third-order valence-corrected chi connectivity index (χ3v) is 2.16. The molecule has 1 aliphatic rings. The standard InChI is InChI=1S/C11H12O2/c1-11(2)7-9(12)8-5-3-4-6-10(8)13-11/h3-6H,7H2,1-2H3. The van der Waals surface area contributed by atoms with E-state index in [9.17, 15) is 4.79 Å². The van der Waals surface area contributed by atoms with Crippen molar-refractivity contribution in [1.29, 1.82) is 0 Å². The maximum atomic E-state index is 11.6. The first-order valence-corrected chi connectivity index (χ1v) is 4.40. The van der Waals surface area contributed by atoms with Crippen LogP contribution >= 0.6 is 0 Å². The van der Waals surface area contributed by atoms with E-state index >= 15 is 0 Å². The fourth-order valence-corrected chi connectivity index (χ4v) is 1.60. The molecule has 0 saturated heterocycles. The van der Waals surface area contributed by atoms with Gasteiger partial charge in [-0.1, -0.05) is 12.1 Å². The zero-order chi connectivity index (χ0) is 9.47. The lowest BCUT2D eigenvalue weighted by Crippen LogP contribution is -2.35. The molecule has 0 N–H and O–H groups in total. The molecule has 1 aromatic rings. The van der Waals surface area contributed by atoms with E-state index in [0.29, 0.717) is 17.7 Å². The van der Waals surface area contributed by atoms with Gasteiger partial charge in [-0.25, -0.2) is 0 Å². The number of carbonyl (C=O) groups is 1. The number of fused-ring (bicyclic) bond motifs is 1. The Morgan fingerprint density at radius 3 is 2.77 bits per heavy atom. The fraction of sp³-hybridized carbons (Fsp3) is 0.364. The molecular formula is C11H12O2. The van der Waals surface area contributed by atoms with Crippen molar-refractivity contribution in [1.82, 2.24) is 0 Å². The summed E-state index contributed by atoms with van der Waals surface area (Å²) in [5.74, 6) is 0.885. The topological polar surface area (TPSA) is 26.3 Å². The summed E-state index contributed by atoms with van der Waals surface area (Å²) < 4.78 is 5.67. The molecule has 0 atom stereocenters. The Hall–Kier alpha value is -1.31. The molecule has 1 aliphatic heterocycles. The van der Waals surface area contributed by atoms with E-state index in [0.717, 1.165) is 0 Å². The molecule has 0 bridgehead atoms. The molecule has 0 aliphatic carbocycles. The Bertz CT molecular complexity index is 353. The predicted octanol–water partition coefficient (Wildman–Crippen LogP) is 2.43. The van der Waals surface area contributed by atoms with Crippen LogP contribution in [0.5, 0.6) is 5.75 Å². The molecule has 13 heavy (non-hydrogen) atoms. The van der Waals surface area contributed by atoms with Crippen molar-refractivity contribution in [2.75, 3.05) is 0 Å². The minimum Gasteiger partial charge on any atom is -0.487 e. The molecular weight excluding hydrogens is 164 g/mol. The third-order valence-electron chi connectivity index (χ3n) is 2.16. The summed E-state index contributed by atoms with van der Waals surface area (Å²) in [5, 5.41) is 0. The van der Waals surface area contributed by atoms with E-state index < -0.39 is 0 Å². The van der Waals surface area contributed by atoms with Gasteiger partial charge in [-0.3, -0.25) is 4.79 Å². The Labute approximate surface area is 77.5 Å². The number of para-hydroxylation sites is 1. The summed E-state index contributed by atoms with van der Waals surface area (Å²) in [6, 6.07) is 7.40. The van der Waals surface area contributed by atoms with Crippen molar-refractivity contribution in [2.45, 2.75) is 25.9 Å². The number of ketones is 1. The van der Waals surface area contributed by atoms with Crippen molar-refractivity contribution in [3.8, 4) is 5.75 Å². The van der Waals surface area contributed by atoms with Gasteiger partial charge in [0.05, 0.1) is 12.0 Å². The van der Waals surface area contributed by atoms with Crippen molar-refractivity contribution >= 4 is 5.78 Å². The highest BCUT2D eigenvalue weighted by Crippen LogP contribution is 2.32. The first-order chi connectivity index (χ1) is 6.08. The summed E-state index contributed by atoms with van der Waals surface area (Å²) in [5.41, 5.74) is 0.354. The molecule has 0 fully saturated rings. The molecule has 0 amide bonds. The molecule has 2 nitrogen and oxygen atoms in total. The first kappa shape index (κ1) is 8.30. The van der Waals surface area contributed by atoms with Gasteiger partial charge in [-0.05, 0) is 26.0 Å². The molecule has 0 radical (unpaired) electrons. The number of rotatable bonds is 0. The average Bonchev–Trinajstić information content (AvgIpc) is 2.02. The highest BCUT2D eigenvalue weighted by molar-refractivity contribution is 6.00. The number of ether oxygens (including phenoxy) is 1. The van der Waals surface area contributed by atoms with E-state index in [2.05, 4.69) is 0 Å². The highest BCUT2D eigenvalue weighted by Gasteiger charge is 2.31. The van der Waals surface area contributed by atoms with Gasteiger partial charge >= 0.3 is 0 Å². The smallest absolute Gasteiger partial charge is 0.170 e. The molecule has 0 aromatic heterocycles. The Morgan fingerprint density at radius 2 is 2.00 bits per heavy atom. The zero-order valence-electron chi connectivity index (χ0n) is 7.83. The Morgan fingerprint density at radius 1 is 1.31 bits per heavy atom. The van der Waals surface area contributed by atoms with Crippen LogP contribution in [0.2, 0.25) is 0 Å². The summed E-state index contributed by atoms with van der Waals surface area (Å²) in [7, 11) is 0. The van der Waals surface area contributed by atoms with Crippen LogP contribution in [0.25, 0.3) is 0 Å². The minimum absolute atomic E-state index is 0.173. The van der Waals surface area contributed by atoms with Crippen LogP contribution in [0, 0.1) is 0 Å². The van der Waals surface area contributed by atoms with Gasteiger partial charge in [-0.2, -0.15) is 0 Å². The van der Waals surface area contributed by atoms with Crippen molar-refractivity contribution in [3.05, 3.63) is 29.8 Å². The molecule has 0 spiro atoms. The molecule has 2 heteroatoms. The molecule has 68 valence electrons. The summed E-state index contributed by atoms with van der Waals surface area (Å²) in [6.45, 7) is 3.86. The lowest BCUT2D eigenvalue weighted by atomic mass is 9.93. The average molecular weight is 176 g/mol. The van der Waals surface area contributed by atoms with Crippen LogP contribution in [0.15, 0.2) is 24.3 Å². The monoisotopic (exact) mass is 176 g/mol. The summed E-state index contributed by atoms with van der Waals surface area (Å²) >= 11 is 0. The number of hydrogen-bond donors (Lipinski definition) is 0. The normalized spacial score (nSPS) is 19.1. The summed E-state index contributed by atoms with van der Waals surface area (Å²) in [4.78, 5) is 11.6. The fourth-order valence-electron chi connectivity index (χ4n) is 1.60. The van der Waals surface area contributed by atoms with Crippen molar-refractivity contribution in [3.63, 3.8) is 0 Å². The zero-order valence-corrected chi connectivity index (χ0v) is 7.83. The molecule has 2 rings (SSSR count). The number of hydrogen-bond acceptors (Lipinski definition) is 2. The largest absolute Gasteiger partial charge is 0.487 e. The number of Topliss-reactive ketones (excluding diaryl/α,β-unsaturated/α-hetero) is 1. The molecule has 1 heterocycles. The highest BCUT2D eigenvalue weighted by atomic mass is 16.5. The number of carbonyl (C=O) groups excluding carboxylic acids is 1. The van der Waals surface area contributed by atoms with Crippen LogP contribution in [-0.2, 0) is 0 Å². The van der Waals surface area contributed by atoms with Gasteiger partial charge in [0.15, 0.2) is 5.78 Å². The minimum atomic E-state index is -0.356. The summed E-state index contributed by atoms with van der Waals surface area (Å²) in [6.07, 6.45) is 0.462.